The Hall–Kier alpha value is -0.300. The summed E-state index contributed by atoms with van der Waals surface area (Å²) in [5.41, 5.74) is 0. The van der Waals surface area contributed by atoms with Crippen molar-refractivity contribution >= 4 is 0 Å². The molecule has 0 aromatic heterocycles. The van der Waals surface area contributed by atoms with Crippen LogP contribution >= 0.6 is 0 Å². The fourth-order valence-corrected chi connectivity index (χ4v) is 2.35. The van der Waals surface area contributed by atoms with E-state index in [4.69, 9.17) is 0 Å². The maximum Gasteiger partial charge on any atom is 0.0278 e. The van der Waals surface area contributed by atoms with Crippen LogP contribution in [0.3, 0.4) is 0 Å². The highest BCUT2D eigenvalue weighted by atomic mass is 15.2. The van der Waals surface area contributed by atoms with Crippen molar-refractivity contribution < 1.29 is 0 Å². The van der Waals surface area contributed by atoms with Crippen LogP contribution in [-0.2, 0) is 0 Å². The number of nitrogens with zero attached hydrogens (tertiary/aromatic N) is 1. The van der Waals surface area contributed by atoms with Crippen LogP contribution in [0.25, 0.3) is 0 Å². The van der Waals surface area contributed by atoms with Crippen molar-refractivity contribution in [2.45, 2.75) is 44.6 Å². The molecule has 68 valence electrons. The molecule has 0 bridgehead atoms. The largest absolute Gasteiger partial charge is 0.297 e. The molecule has 1 aliphatic carbocycles. The van der Waals surface area contributed by atoms with E-state index in [-0.39, 0.29) is 0 Å². The van der Waals surface area contributed by atoms with Gasteiger partial charge in [-0.15, -0.1) is 0 Å². The predicted octanol–water partition coefficient (Wildman–Crippen LogP) is 2.58. The van der Waals surface area contributed by atoms with Gasteiger partial charge in [0.25, 0.3) is 0 Å². The second-order valence-electron chi connectivity index (χ2n) is 4.02. The summed E-state index contributed by atoms with van der Waals surface area (Å²) in [6, 6.07) is 0.791. The summed E-state index contributed by atoms with van der Waals surface area (Å²) < 4.78 is 0. The first-order valence-corrected chi connectivity index (χ1v) is 5.37. The fraction of sp³-hybridized carbons (Fsp3) is 0.818. The lowest BCUT2D eigenvalue weighted by Crippen LogP contribution is -2.38. The number of hydrogen-bond donors (Lipinski definition) is 0. The second-order valence-corrected chi connectivity index (χ2v) is 4.02. The van der Waals surface area contributed by atoms with Crippen molar-refractivity contribution in [3.05, 3.63) is 12.2 Å². The Labute approximate surface area is 75.4 Å². The number of hydrogen-bond acceptors (Lipinski definition) is 1. The van der Waals surface area contributed by atoms with E-state index in [0.717, 1.165) is 6.04 Å². The van der Waals surface area contributed by atoms with Crippen LogP contribution in [0.5, 0.6) is 0 Å². The third-order valence-electron chi connectivity index (χ3n) is 3.09. The minimum atomic E-state index is 0.791. The van der Waals surface area contributed by atoms with Gasteiger partial charge < -0.3 is 0 Å². The Bertz CT molecular complexity index is 156. The van der Waals surface area contributed by atoms with E-state index >= 15 is 0 Å². The zero-order chi connectivity index (χ0) is 8.23. The maximum absolute atomic E-state index is 2.67. The average Bonchev–Trinajstić information content (AvgIpc) is 2.21. The quantitative estimate of drug-likeness (QED) is 0.540. The Morgan fingerprint density at radius 3 is 2.50 bits per heavy atom. The van der Waals surface area contributed by atoms with Gasteiger partial charge in [0.05, 0.1) is 0 Å². The van der Waals surface area contributed by atoms with E-state index in [1.165, 1.54) is 51.6 Å². The summed E-state index contributed by atoms with van der Waals surface area (Å²) in [5.74, 6) is 0. The van der Waals surface area contributed by atoms with Crippen molar-refractivity contribution in [2.75, 3.05) is 13.1 Å². The maximum atomic E-state index is 2.67. The third-order valence-corrected chi connectivity index (χ3v) is 3.09. The van der Waals surface area contributed by atoms with Crippen molar-refractivity contribution in [3.63, 3.8) is 0 Å². The van der Waals surface area contributed by atoms with Crippen LogP contribution in [-0.4, -0.2) is 24.0 Å². The molecule has 12 heavy (non-hydrogen) atoms. The van der Waals surface area contributed by atoms with Crippen LogP contribution in [0.4, 0.5) is 0 Å². The van der Waals surface area contributed by atoms with E-state index < -0.39 is 0 Å². The Balaban J connectivity index is 1.88. The molecule has 0 saturated carbocycles. The van der Waals surface area contributed by atoms with Gasteiger partial charge in [-0.25, -0.2) is 0 Å². The van der Waals surface area contributed by atoms with E-state index in [0.29, 0.717) is 0 Å². The molecule has 0 aromatic carbocycles. The van der Waals surface area contributed by atoms with E-state index in [9.17, 15) is 0 Å². The molecule has 1 heteroatoms. The van der Waals surface area contributed by atoms with Gasteiger partial charge in [0, 0.05) is 6.04 Å². The molecular formula is C11H19N. The third kappa shape index (κ3) is 1.89. The molecule has 1 atom stereocenters. The van der Waals surface area contributed by atoms with Gasteiger partial charge >= 0.3 is 0 Å². The van der Waals surface area contributed by atoms with Crippen LogP contribution < -0.4 is 0 Å². The molecular weight excluding hydrogens is 146 g/mol. The lowest BCUT2D eigenvalue weighted by Gasteiger charge is -2.34. The van der Waals surface area contributed by atoms with Crippen LogP contribution in [0, 0.1) is 0 Å². The molecule has 1 fully saturated rings. The van der Waals surface area contributed by atoms with Crippen molar-refractivity contribution in [1.29, 1.82) is 0 Å². The molecule has 1 saturated heterocycles. The van der Waals surface area contributed by atoms with E-state index in [1.807, 2.05) is 0 Å². The minimum absolute atomic E-state index is 0.791. The van der Waals surface area contributed by atoms with Crippen LogP contribution in [0.1, 0.15) is 38.5 Å². The lowest BCUT2D eigenvalue weighted by molar-refractivity contribution is 0.179. The number of allylic oxidation sites excluding steroid dienone is 1. The summed E-state index contributed by atoms with van der Waals surface area (Å²) >= 11 is 0. The zero-order valence-electron chi connectivity index (χ0n) is 7.84. The standard InChI is InChI=1S/C11H19N/c1-3-7-11(8-4-1)12-9-5-2-6-10-12/h3,7,11H,1-2,4-6,8-10H2/t11-/m0/s1. The molecule has 0 unspecified atom stereocenters. The highest BCUT2D eigenvalue weighted by Gasteiger charge is 2.18. The van der Waals surface area contributed by atoms with Gasteiger partial charge in [0.15, 0.2) is 0 Å². The number of likely N-dealkylation sites (tertiary alicyclic amines) is 1. The highest BCUT2D eigenvalue weighted by Crippen LogP contribution is 2.20. The normalized spacial score (nSPS) is 32.2. The first-order valence-electron chi connectivity index (χ1n) is 5.37. The average molecular weight is 165 g/mol. The van der Waals surface area contributed by atoms with Gasteiger partial charge in [0.2, 0.25) is 0 Å². The van der Waals surface area contributed by atoms with Gasteiger partial charge in [-0.05, 0) is 45.2 Å². The van der Waals surface area contributed by atoms with Gasteiger partial charge in [-0.3, -0.25) is 4.90 Å². The Morgan fingerprint density at radius 2 is 1.83 bits per heavy atom. The molecule has 0 spiro atoms. The highest BCUT2D eigenvalue weighted by molar-refractivity contribution is 4.98. The fourth-order valence-electron chi connectivity index (χ4n) is 2.35. The summed E-state index contributed by atoms with van der Waals surface area (Å²) in [4.78, 5) is 2.67. The molecule has 1 heterocycles. The Morgan fingerprint density at radius 1 is 1.00 bits per heavy atom. The summed E-state index contributed by atoms with van der Waals surface area (Å²) in [6.45, 7) is 2.68. The smallest absolute Gasteiger partial charge is 0.0278 e. The van der Waals surface area contributed by atoms with Crippen LogP contribution in [0.15, 0.2) is 12.2 Å². The topological polar surface area (TPSA) is 3.24 Å². The van der Waals surface area contributed by atoms with E-state index in [1.54, 1.807) is 0 Å². The van der Waals surface area contributed by atoms with Crippen molar-refractivity contribution in [3.8, 4) is 0 Å². The summed E-state index contributed by atoms with van der Waals surface area (Å²) in [7, 11) is 0. The first kappa shape index (κ1) is 8.31. The zero-order valence-corrected chi connectivity index (χ0v) is 7.84. The molecule has 0 aromatic rings. The van der Waals surface area contributed by atoms with Gasteiger partial charge in [-0.2, -0.15) is 0 Å². The Kier molecular flexibility index (Phi) is 2.83. The molecule has 2 aliphatic rings. The lowest BCUT2D eigenvalue weighted by atomic mass is 9.99. The molecule has 0 radical (unpaired) electrons. The molecule has 2 rings (SSSR count). The number of rotatable bonds is 1. The van der Waals surface area contributed by atoms with E-state index in [2.05, 4.69) is 17.1 Å². The molecule has 1 nitrogen and oxygen atoms in total. The first-order chi connectivity index (χ1) is 5.97. The molecule has 0 amide bonds. The molecule has 1 aliphatic heterocycles. The van der Waals surface area contributed by atoms with Gasteiger partial charge in [0.1, 0.15) is 0 Å². The minimum Gasteiger partial charge on any atom is -0.297 e. The van der Waals surface area contributed by atoms with Crippen molar-refractivity contribution in [1.82, 2.24) is 4.90 Å². The second kappa shape index (κ2) is 4.08. The summed E-state index contributed by atoms with van der Waals surface area (Å²) in [6.07, 6.45) is 13.2. The SMILES string of the molecule is C1=C[C@H](N2CCCCC2)CCC1. The molecule has 0 N–H and O–H groups in total. The summed E-state index contributed by atoms with van der Waals surface area (Å²) in [5, 5.41) is 0. The number of piperidine rings is 1. The van der Waals surface area contributed by atoms with Crippen LogP contribution in [0.2, 0.25) is 0 Å². The predicted molar refractivity (Wildman–Crippen MR) is 52.2 cm³/mol. The monoisotopic (exact) mass is 165 g/mol. The van der Waals surface area contributed by atoms with Gasteiger partial charge in [-0.1, -0.05) is 18.6 Å². The van der Waals surface area contributed by atoms with Crippen molar-refractivity contribution in [2.24, 2.45) is 0 Å².